The number of carbonyl (C=O) groups excluding carboxylic acids is 1. The van der Waals surface area contributed by atoms with Gasteiger partial charge < -0.3 is 10.2 Å². The van der Waals surface area contributed by atoms with E-state index < -0.39 is 0 Å². The topological polar surface area (TPSA) is 44.7 Å². The summed E-state index contributed by atoms with van der Waals surface area (Å²) in [6.45, 7) is 3.24. The molecule has 21 heavy (non-hydrogen) atoms. The minimum absolute atomic E-state index is 0.232. The third kappa shape index (κ3) is 3.93. The van der Waals surface area contributed by atoms with Gasteiger partial charge in [0, 0.05) is 25.4 Å². The van der Waals surface area contributed by atoms with Crippen LogP contribution < -0.4 is 5.32 Å². The van der Waals surface area contributed by atoms with Crippen LogP contribution in [0.5, 0.6) is 0 Å². The van der Waals surface area contributed by atoms with Crippen LogP contribution in [-0.2, 0) is 4.79 Å². The fourth-order valence-electron chi connectivity index (χ4n) is 3.67. The summed E-state index contributed by atoms with van der Waals surface area (Å²) in [5.74, 6) is 1.41. The zero-order valence-corrected chi connectivity index (χ0v) is 13.7. The lowest BCUT2D eigenvalue weighted by atomic mass is 9.75. The molecule has 2 fully saturated rings. The Kier molecular flexibility index (Phi) is 5.09. The van der Waals surface area contributed by atoms with Crippen molar-refractivity contribution in [1.82, 2.24) is 10.2 Å². The molecule has 1 amide bonds. The van der Waals surface area contributed by atoms with Crippen LogP contribution in [0.15, 0.2) is 4.99 Å². The second kappa shape index (κ2) is 7.03. The molecule has 3 aliphatic rings. The quantitative estimate of drug-likeness (QED) is 0.853. The molecule has 5 heteroatoms. The lowest BCUT2D eigenvalue weighted by Crippen LogP contribution is -2.43. The van der Waals surface area contributed by atoms with Crippen molar-refractivity contribution in [3.8, 4) is 0 Å². The third-order valence-corrected chi connectivity index (χ3v) is 6.39. The average Bonchev–Trinajstić information content (AvgIpc) is 2.56. The monoisotopic (exact) mass is 309 g/mol. The predicted octanol–water partition coefficient (Wildman–Crippen LogP) is 2.64. The van der Waals surface area contributed by atoms with E-state index in [1.807, 2.05) is 16.7 Å². The first-order valence-corrected chi connectivity index (χ1v) is 9.45. The summed E-state index contributed by atoms with van der Waals surface area (Å²) in [6.07, 6.45) is 10.4. The molecule has 4 nitrogen and oxygen atoms in total. The van der Waals surface area contributed by atoms with E-state index in [9.17, 15) is 4.79 Å². The van der Waals surface area contributed by atoms with Gasteiger partial charge in [-0.3, -0.25) is 9.79 Å². The maximum absolute atomic E-state index is 12.1. The van der Waals surface area contributed by atoms with Gasteiger partial charge in [-0.2, -0.15) is 0 Å². The summed E-state index contributed by atoms with van der Waals surface area (Å²) in [4.78, 5) is 18.8. The van der Waals surface area contributed by atoms with E-state index in [0.717, 1.165) is 37.6 Å². The van der Waals surface area contributed by atoms with Gasteiger partial charge >= 0.3 is 0 Å². The van der Waals surface area contributed by atoms with Crippen LogP contribution in [0, 0.1) is 5.41 Å². The number of aliphatic imine (C=N–C) groups is 1. The van der Waals surface area contributed by atoms with Crippen LogP contribution in [0.2, 0.25) is 0 Å². The Balaban J connectivity index is 1.44. The smallest absolute Gasteiger partial charge is 0.241 e. The first kappa shape index (κ1) is 15.2. The number of rotatable bonds is 2. The van der Waals surface area contributed by atoms with Crippen molar-refractivity contribution in [3.05, 3.63) is 0 Å². The molecule has 1 saturated carbocycles. The Bertz CT molecular complexity index is 398. The van der Waals surface area contributed by atoms with Crippen molar-refractivity contribution in [2.24, 2.45) is 10.4 Å². The van der Waals surface area contributed by atoms with Crippen molar-refractivity contribution in [3.63, 3.8) is 0 Å². The molecule has 1 aliphatic carbocycles. The Hall–Kier alpha value is -0.710. The molecular formula is C16H27N3OS. The van der Waals surface area contributed by atoms with Crippen LogP contribution >= 0.6 is 11.8 Å². The number of hydrogen-bond acceptors (Lipinski definition) is 4. The Morgan fingerprint density at radius 2 is 1.86 bits per heavy atom. The van der Waals surface area contributed by atoms with Crippen molar-refractivity contribution in [2.45, 2.75) is 51.4 Å². The van der Waals surface area contributed by atoms with Gasteiger partial charge in [0.2, 0.25) is 5.91 Å². The molecule has 1 spiro atoms. The highest BCUT2D eigenvalue weighted by Gasteiger charge is 2.34. The summed E-state index contributed by atoms with van der Waals surface area (Å²) in [6, 6.07) is 0. The largest absolute Gasteiger partial charge is 0.356 e. The molecule has 0 aromatic heterocycles. The molecule has 0 radical (unpaired) electrons. The highest BCUT2D eigenvalue weighted by atomic mass is 32.2. The minimum Gasteiger partial charge on any atom is -0.356 e. The van der Waals surface area contributed by atoms with Gasteiger partial charge in [0.1, 0.15) is 0 Å². The van der Waals surface area contributed by atoms with Gasteiger partial charge in [0.25, 0.3) is 0 Å². The second-order valence-electron chi connectivity index (χ2n) is 6.77. The highest BCUT2D eigenvalue weighted by Crippen LogP contribution is 2.41. The van der Waals surface area contributed by atoms with Crippen LogP contribution in [0.4, 0.5) is 0 Å². The van der Waals surface area contributed by atoms with E-state index in [1.54, 1.807) is 0 Å². The van der Waals surface area contributed by atoms with Gasteiger partial charge in [0.15, 0.2) is 5.17 Å². The van der Waals surface area contributed by atoms with Crippen molar-refractivity contribution >= 4 is 22.8 Å². The van der Waals surface area contributed by atoms with Crippen molar-refractivity contribution in [1.29, 1.82) is 0 Å². The molecule has 2 heterocycles. The van der Waals surface area contributed by atoms with Crippen LogP contribution in [0.25, 0.3) is 0 Å². The third-order valence-electron chi connectivity index (χ3n) is 5.09. The molecule has 0 atom stereocenters. The van der Waals surface area contributed by atoms with Gasteiger partial charge in [-0.25, -0.2) is 0 Å². The first-order valence-electron chi connectivity index (χ1n) is 8.46. The number of nitrogens with one attached hydrogen (secondary N) is 1. The molecule has 1 saturated heterocycles. The number of amides is 1. The number of likely N-dealkylation sites (tertiary alicyclic amines) is 1. The van der Waals surface area contributed by atoms with Crippen molar-refractivity contribution in [2.75, 3.05) is 31.9 Å². The van der Waals surface area contributed by atoms with Gasteiger partial charge in [-0.15, -0.1) is 0 Å². The SMILES string of the molecule is O=C(CNC1=NCC2(CCCCC2)CS1)N1CCCCC1. The van der Waals surface area contributed by atoms with Gasteiger partial charge in [-0.1, -0.05) is 31.0 Å². The van der Waals surface area contributed by atoms with Crippen LogP contribution in [0.1, 0.15) is 51.4 Å². The molecule has 0 unspecified atom stereocenters. The Morgan fingerprint density at radius 1 is 1.14 bits per heavy atom. The summed E-state index contributed by atoms with van der Waals surface area (Å²) < 4.78 is 0. The van der Waals surface area contributed by atoms with E-state index in [1.165, 1.54) is 44.3 Å². The number of amidine groups is 1. The molecule has 0 aromatic rings. The maximum Gasteiger partial charge on any atom is 0.241 e. The zero-order valence-electron chi connectivity index (χ0n) is 12.9. The Labute approximate surface area is 132 Å². The molecule has 0 aromatic carbocycles. The normalized spacial score (nSPS) is 25.5. The summed E-state index contributed by atoms with van der Waals surface area (Å²) in [7, 11) is 0. The van der Waals surface area contributed by atoms with E-state index in [-0.39, 0.29) is 5.91 Å². The standard InChI is InChI=1S/C16H27N3OS/c20-14(19-9-5-2-6-10-19)11-17-15-18-12-16(13-21-15)7-3-1-4-8-16/h1-13H2,(H,17,18). The van der Waals surface area contributed by atoms with Gasteiger partial charge in [-0.05, 0) is 37.5 Å². The highest BCUT2D eigenvalue weighted by molar-refractivity contribution is 8.13. The second-order valence-corrected chi connectivity index (χ2v) is 7.73. The fraction of sp³-hybridized carbons (Fsp3) is 0.875. The molecule has 3 rings (SSSR count). The van der Waals surface area contributed by atoms with Crippen LogP contribution in [-0.4, -0.2) is 47.9 Å². The lowest BCUT2D eigenvalue weighted by molar-refractivity contribution is -0.130. The fourth-order valence-corrected chi connectivity index (χ4v) is 4.82. The number of piperidine rings is 1. The molecule has 118 valence electrons. The van der Waals surface area contributed by atoms with E-state index >= 15 is 0 Å². The molecule has 1 N–H and O–H groups in total. The van der Waals surface area contributed by atoms with Gasteiger partial charge in [0.05, 0.1) is 6.54 Å². The number of nitrogens with zero attached hydrogens (tertiary/aromatic N) is 2. The van der Waals surface area contributed by atoms with E-state index in [4.69, 9.17) is 4.99 Å². The predicted molar refractivity (Wildman–Crippen MR) is 88.7 cm³/mol. The van der Waals surface area contributed by atoms with Crippen molar-refractivity contribution < 1.29 is 4.79 Å². The first-order chi connectivity index (χ1) is 10.3. The summed E-state index contributed by atoms with van der Waals surface area (Å²) in [5, 5.41) is 4.25. The number of carbonyl (C=O) groups is 1. The molecule has 2 aliphatic heterocycles. The van der Waals surface area contributed by atoms with E-state index in [0.29, 0.717) is 12.0 Å². The average molecular weight is 309 g/mol. The number of hydrogen-bond donors (Lipinski definition) is 1. The molecule has 0 bridgehead atoms. The summed E-state index contributed by atoms with van der Waals surface area (Å²) >= 11 is 1.83. The zero-order chi connectivity index (χ0) is 14.5. The Morgan fingerprint density at radius 3 is 2.52 bits per heavy atom. The lowest BCUT2D eigenvalue weighted by Gasteiger charge is -2.38. The number of thioether (sulfide) groups is 1. The minimum atomic E-state index is 0.232. The summed E-state index contributed by atoms with van der Waals surface area (Å²) in [5.41, 5.74) is 0.463. The van der Waals surface area contributed by atoms with E-state index in [2.05, 4.69) is 5.32 Å². The maximum atomic E-state index is 12.1. The molecular weight excluding hydrogens is 282 g/mol. The van der Waals surface area contributed by atoms with Crippen LogP contribution in [0.3, 0.4) is 0 Å².